The van der Waals surface area contributed by atoms with Crippen LogP contribution < -0.4 is 5.32 Å². The average Bonchev–Trinajstić information content (AvgIpc) is 2.81. The van der Waals surface area contributed by atoms with Crippen LogP contribution in [0.25, 0.3) is 0 Å². The molecule has 0 amide bonds. The first-order chi connectivity index (χ1) is 7.84. The number of rotatable bonds is 5. The molecule has 2 rings (SSSR count). The monoisotopic (exact) mass is 231 g/mol. The van der Waals surface area contributed by atoms with Gasteiger partial charge in [0, 0.05) is 12.6 Å². The van der Waals surface area contributed by atoms with Crippen molar-refractivity contribution in [3.8, 4) is 0 Å². The molecular formula is C14H17NS. The molecule has 0 spiro atoms. The van der Waals surface area contributed by atoms with Gasteiger partial charge in [0.05, 0.1) is 0 Å². The normalized spacial score (nSPS) is 12.6. The third-order valence-electron chi connectivity index (χ3n) is 2.62. The Morgan fingerprint density at radius 3 is 2.62 bits per heavy atom. The van der Waals surface area contributed by atoms with Gasteiger partial charge >= 0.3 is 0 Å². The Labute approximate surface area is 101 Å². The van der Waals surface area contributed by atoms with Crippen molar-refractivity contribution in [2.24, 2.45) is 0 Å². The molecule has 0 fully saturated rings. The lowest BCUT2D eigenvalue weighted by molar-refractivity contribution is 0.546. The van der Waals surface area contributed by atoms with Crippen LogP contribution in [0.1, 0.15) is 18.1 Å². The smallest absolute Gasteiger partial charge is 0.0208 e. The van der Waals surface area contributed by atoms with Crippen molar-refractivity contribution in [1.29, 1.82) is 0 Å². The van der Waals surface area contributed by atoms with Gasteiger partial charge in [-0.05, 0) is 41.3 Å². The summed E-state index contributed by atoms with van der Waals surface area (Å²) in [6.07, 6.45) is 1.11. The molecule has 0 aliphatic rings. The van der Waals surface area contributed by atoms with E-state index in [0.717, 1.165) is 13.0 Å². The summed E-state index contributed by atoms with van der Waals surface area (Å²) < 4.78 is 0. The molecule has 84 valence electrons. The van der Waals surface area contributed by atoms with E-state index in [1.54, 1.807) is 11.3 Å². The molecule has 1 aromatic heterocycles. The standard InChI is InChI=1S/C14H17NS/c1-12(9-14-7-8-16-11-14)15-10-13-5-3-2-4-6-13/h2-8,11-12,15H,9-10H2,1H3. The van der Waals surface area contributed by atoms with Crippen molar-refractivity contribution in [2.45, 2.75) is 25.9 Å². The Morgan fingerprint density at radius 1 is 1.12 bits per heavy atom. The molecule has 1 aromatic carbocycles. The minimum Gasteiger partial charge on any atom is -0.310 e. The third-order valence-corrected chi connectivity index (χ3v) is 3.35. The van der Waals surface area contributed by atoms with Crippen LogP contribution in [0.2, 0.25) is 0 Å². The largest absolute Gasteiger partial charge is 0.310 e. The highest BCUT2D eigenvalue weighted by Crippen LogP contribution is 2.09. The molecule has 0 bridgehead atoms. The molecule has 1 heterocycles. The molecule has 1 atom stereocenters. The number of thiophene rings is 1. The Hall–Kier alpha value is -1.12. The molecule has 0 radical (unpaired) electrons. The summed E-state index contributed by atoms with van der Waals surface area (Å²) in [6.45, 7) is 3.19. The summed E-state index contributed by atoms with van der Waals surface area (Å²) in [5.74, 6) is 0. The van der Waals surface area contributed by atoms with E-state index in [4.69, 9.17) is 0 Å². The molecule has 2 heteroatoms. The third kappa shape index (κ3) is 3.47. The van der Waals surface area contributed by atoms with E-state index in [0.29, 0.717) is 6.04 Å². The Morgan fingerprint density at radius 2 is 1.94 bits per heavy atom. The molecule has 0 saturated heterocycles. The van der Waals surface area contributed by atoms with E-state index < -0.39 is 0 Å². The highest BCUT2D eigenvalue weighted by molar-refractivity contribution is 7.07. The highest BCUT2D eigenvalue weighted by Gasteiger charge is 2.03. The molecule has 16 heavy (non-hydrogen) atoms. The lowest BCUT2D eigenvalue weighted by Crippen LogP contribution is -2.27. The molecule has 0 aliphatic heterocycles. The summed E-state index contributed by atoms with van der Waals surface area (Å²) >= 11 is 1.77. The fraction of sp³-hybridized carbons (Fsp3) is 0.286. The molecule has 2 aromatic rings. The predicted octanol–water partition coefficient (Wildman–Crippen LogP) is 3.47. The minimum absolute atomic E-state index is 0.523. The number of hydrogen-bond acceptors (Lipinski definition) is 2. The molecule has 1 N–H and O–H groups in total. The van der Waals surface area contributed by atoms with Gasteiger partial charge in [-0.3, -0.25) is 0 Å². The van der Waals surface area contributed by atoms with Crippen molar-refractivity contribution >= 4 is 11.3 Å². The maximum Gasteiger partial charge on any atom is 0.0208 e. The van der Waals surface area contributed by atoms with Crippen LogP contribution in [0.4, 0.5) is 0 Å². The van der Waals surface area contributed by atoms with Gasteiger partial charge in [-0.15, -0.1) is 0 Å². The zero-order valence-electron chi connectivity index (χ0n) is 9.52. The first-order valence-electron chi connectivity index (χ1n) is 5.63. The van der Waals surface area contributed by atoms with E-state index in [-0.39, 0.29) is 0 Å². The summed E-state index contributed by atoms with van der Waals surface area (Å²) in [5, 5.41) is 7.90. The second-order valence-corrected chi connectivity index (χ2v) is 4.88. The first kappa shape index (κ1) is 11.4. The molecule has 1 unspecified atom stereocenters. The average molecular weight is 231 g/mol. The van der Waals surface area contributed by atoms with Crippen LogP contribution in [0, 0.1) is 0 Å². The zero-order valence-corrected chi connectivity index (χ0v) is 10.3. The van der Waals surface area contributed by atoms with Gasteiger partial charge in [0.15, 0.2) is 0 Å². The van der Waals surface area contributed by atoms with Crippen LogP contribution in [-0.2, 0) is 13.0 Å². The van der Waals surface area contributed by atoms with E-state index >= 15 is 0 Å². The first-order valence-corrected chi connectivity index (χ1v) is 6.57. The lowest BCUT2D eigenvalue weighted by atomic mass is 10.1. The van der Waals surface area contributed by atoms with Crippen molar-refractivity contribution in [3.63, 3.8) is 0 Å². The van der Waals surface area contributed by atoms with Gasteiger partial charge in [-0.1, -0.05) is 30.3 Å². The zero-order chi connectivity index (χ0) is 11.2. The van der Waals surface area contributed by atoms with Gasteiger partial charge in [-0.2, -0.15) is 11.3 Å². The fourth-order valence-electron chi connectivity index (χ4n) is 1.72. The second-order valence-electron chi connectivity index (χ2n) is 4.10. The Kier molecular flexibility index (Phi) is 4.14. The van der Waals surface area contributed by atoms with Crippen LogP contribution in [0.15, 0.2) is 47.2 Å². The highest BCUT2D eigenvalue weighted by atomic mass is 32.1. The van der Waals surface area contributed by atoms with Crippen LogP contribution in [-0.4, -0.2) is 6.04 Å². The lowest BCUT2D eigenvalue weighted by Gasteiger charge is -2.12. The SMILES string of the molecule is CC(Cc1ccsc1)NCc1ccccc1. The van der Waals surface area contributed by atoms with Crippen LogP contribution in [0.3, 0.4) is 0 Å². The molecule has 1 nitrogen and oxygen atoms in total. The van der Waals surface area contributed by atoms with Gasteiger partial charge in [-0.25, -0.2) is 0 Å². The maximum absolute atomic E-state index is 3.54. The van der Waals surface area contributed by atoms with Crippen LogP contribution >= 0.6 is 11.3 Å². The molecule has 0 aliphatic carbocycles. The quantitative estimate of drug-likeness (QED) is 0.831. The van der Waals surface area contributed by atoms with Gasteiger partial charge in [0.1, 0.15) is 0 Å². The second kappa shape index (κ2) is 5.83. The predicted molar refractivity (Wildman–Crippen MR) is 70.8 cm³/mol. The van der Waals surface area contributed by atoms with E-state index in [1.165, 1.54) is 11.1 Å². The Balaban J connectivity index is 1.78. The summed E-state index contributed by atoms with van der Waals surface area (Å²) in [5.41, 5.74) is 2.78. The summed E-state index contributed by atoms with van der Waals surface area (Å²) in [6, 6.07) is 13.3. The van der Waals surface area contributed by atoms with E-state index in [2.05, 4.69) is 59.4 Å². The fourth-order valence-corrected chi connectivity index (χ4v) is 2.40. The number of nitrogens with one attached hydrogen (secondary N) is 1. The van der Waals surface area contributed by atoms with Crippen molar-refractivity contribution in [1.82, 2.24) is 5.32 Å². The Bertz CT molecular complexity index is 394. The van der Waals surface area contributed by atoms with Crippen molar-refractivity contribution in [3.05, 3.63) is 58.3 Å². The summed E-state index contributed by atoms with van der Waals surface area (Å²) in [4.78, 5) is 0. The topological polar surface area (TPSA) is 12.0 Å². The van der Waals surface area contributed by atoms with E-state index in [1.807, 2.05) is 0 Å². The van der Waals surface area contributed by atoms with Crippen LogP contribution in [0.5, 0.6) is 0 Å². The van der Waals surface area contributed by atoms with Crippen molar-refractivity contribution < 1.29 is 0 Å². The van der Waals surface area contributed by atoms with Gasteiger partial charge < -0.3 is 5.32 Å². The molecule has 0 saturated carbocycles. The number of benzene rings is 1. The minimum atomic E-state index is 0.523. The van der Waals surface area contributed by atoms with Gasteiger partial charge in [0.25, 0.3) is 0 Å². The number of hydrogen-bond donors (Lipinski definition) is 1. The maximum atomic E-state index is 3.54. The van der Waals surface area contributed by atoms with Gasteiger partial charge in [0.2, 0.25) is 0 Å². The van der Waals surface area contributed by atoms with Crippen molar-refractivity contribution in [2.75, 3.05) is 0 Å². The molecular weight excluding hydrogens is 214 g/mol. The van der Waals surface area contributed by atoms with E-state index in [9.17, 15) is 0 Å². The summed E-state index contributed by atoms with van der Waals surface area (Å²) in [7, 11) is 0.